The molecular weight excluding hydrogens is 248 g/mol. The predicted molar refractivity (Wildman–Crippen MR) is 75.7 cm³/mol. The first-order chi connectivity index (χ1) is 8.71. The molecular formula is C14H19ClN2O. The third-order valence-corrected chi connectivity index (χ3v) is 3.51. The van der Waals surface area contributed by atoms with Crippen molar-refractivity contribution in [2.24, 2.45) is 0 Å². The molecule has 0 saturated heterocycles. The van der Waals surface area contributed by atoms with Crippen molar-refractivity contribution in [3.8, 4) is 5.75 Å². The second-order valence-electron chi connectivity index (χ2n) is 4.45. The van der Waals surface area contributed by atoms with Crippen LogP contribution in [0.1, 0.15) is 32.1 Å². The minimum absolute atomic E-state index is 0.432. The number of aromatic nitrogens is 2. The molecule has 1 heterocycles. The number of methoxy groups -OCH3 is 1. The monoisotopic (exact) mass is 266 g/mol. The minimum atomic E-state index is 0.432. The van der Waals surface area contributed by atoms with E-state index in [0.717, 1.165) is 35.4 Å². The first-order valence-corrected chi connectivity index (χ1v) is 6.85. The molecule has 1 atom stereocenters. The summed E-state index contributed by atoms with van der Waals surface area (Å²) in [6, 6.07) is 6.46. The number of hydrogen-bond acceptors (Lipinski definition) is 2. The van der Waals surface area contributed by atoms with E-state index in [2.05, 4.69) is 29.5 Å². The lowest BCUT2D eigenvalue weighted by Crippen LogP contribution is -2.09. The van der Waals surface area contributed by atoms with E-state index in [-0.39, 0.29) is 0 Å². The Hall–Kier alpha value is -1.22. The molecule has 0 N–H and O–H groups in total. The van der Waals surface area contributed by atoms with Crippen molar-refractivity contribution in [2.75, 3.05) is 13.0 Å². The molecule has 0 aliphatic heterocycles. The van der Waals surface area contributed by atoms with Crippen LogP contribution in [0.2, 0.25) is 0 Å². The van der Waals surface area contributed by atoms with Gasteiger partial charge < -0.3 is 9.30 Å². The van der Waals surface area contributed by atoms with Gasteiger partial charge in [-0.15, -0.1) is 11.6 Å². The molecule has 0 amide bonds. The molecule has 0 radical (unpaired) electrons. The van der Waals surface area contributed by atoms with E-state index in [9.17, 15) is 0 Å². The summed E-state index contributed by atoms with van der Waals surface area (Å²) in [5.41, 5.74) is 2.14. The van der Waals surface area contributed by atoms with Crippen LogP contribution in [0.15, 0.2) is 18.2 Å². The number of halogens is 1. The molecule has 0 aliphatic carbocycles. The van der Waals surface area contributed by atoms with Gasteiger partial charge in [0.1, 0.15) is 11.6 Å². The topological polar surface area (TPSA) is 27.1 Å². The van der Waals surface area contributed by atoms with Crippen molar-refractivity contribution in [2.45, 2.75) is 32.7 Å². The summed E-state index contributed by atoms with van der Waals surface area (Å²) >= 11 is 5.86. The van der Waals surface area contributed by atoms with Gasteiger partial charge in [0.25, 0.3) is 0 Å². The SMILES string of the molecule is CCC(C)n1c(CCCl)nc2cc(OC)ccc21. The maximum atomic E-state index is 5.86. The average Bonchev–Trinajstić information content (AvgIpc) is 2.75. The standard InChI is InChI=1S/C14H19ClN2O/c1-4-10(2)17-13-6-5-11(18-3)9-12(13)16-14(17)7-8-15/h5-6,9-10H,4,7-8H2,1-3H3. The number of hydrogen-bond donors (Lipinski definition) is 0. The highest BCUT2D eigenvalue weighted by Crippen LogP contribution is 2.26. The Kier molecular flexibility index (Phi) is 4.12. The molecule has 0 fully saturated rings. The second kappa shape index (κ2) is 5.61. The molecule has 1 aromatic carbocycles. The Balaban J connectivity index is 2.59. The Bertz CT molecular complexity index is 536. The Morgan fingerprint density at radius 1 is 1.44 bits per heavy atom. The zero-order valence-electron chi connectivity index (χ0n) is 11.1. The smallest absolute Gasteiger partial charge is 0.121 e. The molecule has 18 heavy (non-hydrogen) atoms. The van der Waals surface area contributed by atoms with E-state index in [4.69, 9.17) is 16.3 Å². The summed E-state index contributed by atoms with van der Waals surface area (Å²) in [4.78, 5) is 4.68. The van der Waals surface area contributed by atoms with Crippen LogP contribution in [-0.4, -0.2) is 22.5 Å². The molecule has 0 aliphatic rings. The molecule has 0 bridgehead atoms. The van der Waals surface area contributed by atoms with Gasteiger partial charge in [-0.1, -0.05) is 6.92 Å². The fourth-order valence-corrected chi connectivity index (χ4v) is 2.36. The molecule has 2 aromatic rings. The van der Waals surface area contributed by atoms with Crippen molar-refractivity contribution < 1.29 is 4.74 Å². The van der Waals surface area contributed by atoms with Crippen LogP contribution in [0.4, 0.5) is 0 Å². The van der Waals surface area contributed by atoms with Gasteiger partial charge >= 0.3 is 0 Å². The van der Waals surface area contributed by atoms with Crippen molar-refractivity contribution in [1.29, 1.82) is 0 Å². The number of aryl methyl sites for hydroxylation is 1. The number of nitrogens with zero attached hydrogens (tertiary/aromatic N) is 2. The van der Waals surface area contributed by atoms with Crippen LogP contribution in [-0.2, 0) is 6.42 Å². The van der Waals surface area contributed by atoms with E-state index in [0.29, 0.717) is 11.9 Å². The summed E-state index contributed by atoms with van der Waals surface area (Å²) in [5.74, 6) is 2.49. The van der Waals surface area contributed by atoms with Gasteiger partial charge in [-0.25, -0.2) is 4.98 Å². The lowest BCUT2D eigenvalue weighted by molar-refractivity contribution is 0.415. The zero-order chi connectivity index (χ0) is 13.1. The van der Waals surface area contributed by atoms with Crippen molar-refractivity contribution in [3.05, 3.63) is 24.0 Å². The lowest BCUT2D eigenvalue weighted by atomic mass is 10.2. The average molecular weight is 267 g/mol. The van der Waals surface area contributed by atoms with Gasteiger partial charge in [-0.2, -0.15) is 0 Å². The fourth-order valence-electron chi connectivity index (χ4n) is 2.19. The van der Waals surface area contributed by atoms with Gasteiger partial charge in [0, 0.05) is 24.4 Å². The van der Waals surface area contributed by atoms with E-state index >= 15 is 0 Å². The van der Waals surface area contributed by atoms with Crippen LogP contribution in [0.3, 0.4) is 0 Å². The molecule has 1 aromatic heterocycles. The Morgan fingerprint density at radius 2 is 2.22 bits per heavy atom. The molecule has 4 heteroatoms. The van der Waals surface area contributed by atoms with Gasteiger partial charge in [-0.3, -0.25) is 0 Å². The number of imidazole rings is 1. The molecule has 1 unspecified atom stereocenters. The normalized spacial score (nSPS) is 12.9. The first kappa shape index (κ1) is 13.2. The summed E-state index contributed by atoms with van der Waals surface area (Å²) in [6.45, 7) is 4.40. The summed E-state index contributed by atoms with van der Waals surface area (Å²) < 4.78 is 7.53. The van der Waals surface area contributed by atoms with Crippen molar-refractivity contribution in [3.63, 3.8) is 0 Å². The largest absolute Gasteiger partial charge is 0.497 e. The van der Waals surface area contributed by atoms with Gasteiger partial charge in [0.05, 0.1) is 18.1 Å². The molecule has 2 rings (SSSR count). The Labute approximate surface area is 113 Å². The molecule has 98 valence electrons. The third-order valence-electron chi connectivity index (χ3n) is 3.32. The predicted octanol–water partition coefficient (Wildman–Crippen LogP) is 3.80. The number of fused-ring (bicyclic) bond motifs is 1. The number of ether oxygens (including phenoxy) is 1. The fraction of sp³-hybridized carbons (Fsp3) is 0.500. The van der Waals surface area contributed by atoms with Crippen molar-refractivity contribution in [1.82, 2.24) is 9.55 Å². The lowest BCUT2D eigenvalue weighted by Gasteiger charge is -2.15. The number of rotatable bonds is 5. The van der Waals surface area contributed by atoms with Crippen LogP contribution in [0.5, 0.6) is 5.75 Å². The summed E-state index contributed by atoms with van der Waals surface area (Å²) in [5, 5.41) is 0. The quantitative estimate of drug-likeness (QED) is 0.770. The molecule has 0 saturated carbocycles. The summed E-state index contributed by atoms with van der Waals surface area (Å²) in [6.07, 6.45) is 1.87. The number of benzene rings is 1. The Morgan fingerprint density at radius 3 is 2.83 bits per heavy atom. The van der Waals surface area contributed by atoms with E-state index in [1.165, 1.54) is 0 Å². The highest BCUT2D eigenvalue weighted by atomic mass is 35.5. The first-order valence-electron chi connectivity index (χ1n) is 6.32. The maximum Gasteiger partial charge on any atom is 0.121 e. The number of alkyl halides is 1. The van der Waals surface area contributed by atoms with E-state index in [1.54, 1.807) is 7.11 Å². The van der Waals surface area contributed by atoms with E-state index in [1.807, 2.05) is 12.1 Å². The van der Waals surface area contributed by atoms with Crippen LogP contribution < -0.4 is 4.74 Å². The van der Waals surface area contributed by atoms with Crippen LogP contribution in [0, 0.1) is 0 Å². The van der Waals surface area contributed by atoms with Gasteiger partial charge in [0.15, 0.2) is 0 Å². The highest BCUT2D eigenvalue weighted by Gasteiger charge is 2.14. The van der Waals surface area contributed by atoms with Gasteiger partial charge in [0.2, 0.25) is 0 Å². The zero-order valence-corrected chi connectivity index (χ0v) is 11.9. The van der Waals surface area contributed by atoms with Crippen LogP contribution >= 0.6 is 11.6 Å². The minimum Gasteiger partial charge on any atom is -0.497 e. The van der Waals surface area contributed by atoms with Crippen LogP contribution in [0.25, 0.3) is 11.0 Å². The maximum absolute atomic E-state index is 5.86. The second-order valence-corrected chi connectivity index (χ2v) is 4.83. The van der Waals surface area contributed by atoms with Crippen molar-refractivity contribution >= 4 is 22.6 Å². The third kappa shape index (κ3) is 2.32. The molecule has 3 nitrogen and oxygen atoms in total. The van der Waals surface area contributed by atoms with E-state index < -0.39 is 0 Å². The highest BCUT2D eigenvalue weighted by molar-refractivity contribution is 6.17. The van der Waals surface area contributed by atoms with Gasteiger partial charge in [-0.05, 0) is 25.5 Å². The molecule has 0 spiro atoms. The summed E-state index contributed by atoms with van der Waals surface area (Å²) in [7, 11) is 1.67.